The number of aliphatic hydroxyl groups is 1. The topological polar surface area (TPSA) is 131 Å². The summed E-state index contributed by atoms with van der Waals surface area (Å²) in [5.74, 6) is 0. The molecule has 9 heteroatoms. The Morgan fingerprint density at radius 2 is 1.78 bits per heavy atom. The minimum Gasteiger partial charge on any atom is -0.395 e. The van der Waals surface area contributed by atoms with Crippen molar-refractivity contribution < 1.29 is 15.0 Å². The zero-order chi connectivity index (χ0) is 17.0. The number of nitrogens with one attached hydrogen (secondary N) is 2. The molecule has 0 aromatic heterocycles. The van der Waals surface area contributed by atoms with Gasteiger partial charge in [-0.1, -0.05) is 13.0 Å². The van der Waals surface area contributed by atoms with Gasteiger partial charge in [-0.05, 0) is 19.3 Å². The molecule has 0 bridgehead atoms. The molecule has 1 atom stereocenters. The van der Waals surface area contributed by atoms with Crippen molar-refractivity contribution in [3.63, 3.8) is 0 Å². The molecule has 2 rings (SSSR count). The Morgan fingerprint density at radius 1 is 1.17 bits per heavy atom. The predicted molar refractivity (Wildman–Crippen MR) is 83.6 cm³/mol. The summed E-state index contributed by atoms with van der Waals surface area (Å²) in [6.45, 7) is 1.87. The fourth-order valence-electron chi connectivity index (χ4n) is 2.50. The van der Waals surface area contributed by atoms with Crippen molar-refractivity contribution in [2.24, 2.45) is 5.41 Å². The molecule has 0 aliphatic heterocycles. The summed E-state index contributed by atoms with van der Waals surface area (Å²) >= 11 is 0. The molecule has 0 heterocycles. The molecule has 0 fully saturated rings. The second-order valence-electron chi connectivity index (χ2n) is 5.73. The lowest BCUT2D eigenvalue weighted by Crippen LogP contribution is -2.37. The summed E-state index contributed by atoms with van der Waals surface area (Å²) in [5.41, 5.74) is 5.47. The minimum absolute atomic E-state index is 0.0391. The lowest BCUT2D eigenvalue weighted by atomic mass is 9.78. The summed E-state index contributed by atoms with van der Waals surface area (Å²) in [7, 11) is 0. The molecule has 124 valence electrons. The molecule has 0 amide bonds. The van der Waals surface area contributed by atoms with Gasteiger partial charge >= 0.3 is 0 Å². The third kappa shape index (κ3) is 3.75. The van der Waals surface area contributed by atoms with Crippen LogP contribution in [0.2, 0.25) is 0 Å². The molecule has 0 unspecified atom stereocenters. The molecule has 0 saturated carbocycles. The number of anilines is 1. The molecular formula is C14H18N4O5. The standard InChI is InChI=1S/C14H18N4O5/c1-14(9-19)5-3-2-4-13(14)16-15-10-6-11(17(20)21)8-12(7-10)18(22)23/h4,6-8,15-16,19H,2-3,5,9H2,1H3/t14-/m0/s1. The highest BCUT2D eigenvalue weighted by Crippen LogP contribution is 2.35. The van der Waals surface area contributed by atoms with E-state index in [9.17, 15) is 25.3 Å². The first-order valence-electron chi connectivity index (χ1n) is 7.13. The summed E-state index contributed by atoms with van der Waals surface area (Å²) in [5, 5.41) is 31.3. The number of aliphatic hydroxyl groups excluding tert-OH is 1. The normalized spacial score (nSPS) is 20.5. The number of nitro benzene ring substituents is 2. The van der Waals surface area contributed by atoms with Gasteiger partial charge < -0.3 is 16.0 Å². The largest absolute Gasteiger partial charge is 0.395 e. The van der Waals surface area contributed by atoms with Crippen molar-refractivity contribution in [1.29, 1.82) is 0 Å². The van der Waals surface area contributed by atoms with E-state index in [4.69, 9.17) is 0 Å². The number of allylic oxidation sites excluding steroid dienone is 1. The van der Waals surface area contributed by atoms with E-state index in [0.717, 1.165) is 31.0 Å². The molecule has 9 nitrogen and oxygen atoms in total. The van der Waals surface area contributed by atoms with Crippen molar-refractivity contribution in [3.8, 4) is 0 Å². The van der Waals surface area contributed by atoms with Gasteiger partial charge in [0.15, 0.2) is 0 Å². The Hall–Kier alpha value is -2.68. The fraction of sp³-hybridized carbons (Fsp3) is 0.429. The Balaban J connectivity index is 2.21. The van der Waals surface area contributed by atoms with Crippen LogP contribution in [0, 0.1) is 25.6 Å². The van der Waals surface area contributed by atoms with Gasteiger partial charge in [0.05, 0.1) is 28.2 Å². The zero-order valence-electron chi connectivity index (χ0n) is 12.6. The molecule has 3 N–H and O–H groups in total. The molecule has 1 aromatic carbocycles. The molecule has 0 saturated heterocycles. The van der Waals surface area contributed by atoms with Crippen LogP contribution in [0.3, 0.4) is 0 Å². The average molecular weight is 322 g/mol. The number of hydrazine groups is 1. The summed E-state index contributed by atoms with van der Waals surface area (Å²) in [6.07, 6.45) is 4.57. The van der Waals surface area contributed by atoms with Crippen LogP contribution in [0.5, 0.6) is 0 Å². The first-order chi connectivity index (χ1) is 10.9. The van der Waals surface area contributed by atoms with Gasteiger partial charge in [-0.2, -0.15) is 0 Å². The minimum atomic E-state index is -0.685. The van der Waals surface area contributed by atoms with Crippen molar-refractivity contribution in [2.45, 2.75) is 26.2 Å². The van der Waals surface area contributed by atoms with Crippen LogP contribution in [0.4, 0.5) is 17.1 Å². The Bertz CT molecular complexity index is 628. The zero-order valence-corrected chi connectivity index (χ0v) is 12.6. The monoisotopic (exact) mass is 322 g/mol. The third-order valence-corrected chi connectivity index (χ3v) is 3.95. The lowest BCUT2D eigenvalue weighted by Gasteiger charge is -2.34. The van der Waals surface area contributed by atoms with Crippen LogP contribution in [0.25, 0.3) is 0 Å². The molecular weight excluding hydrogens is 304 g/mol. The van der Waals surface area contributed by atoms with Gasteiger partial charge in [0.1, 0.15) is 0 Å². The van der Waals surface area contributed by atoms with E-state index in [1.807, 2.05) is 13.0 Å². The number of benzene rings is 1. The fourth-order valence-corrected chi connectivity index (χ4v) is 2.50. The van der Waals surface area contributed by atoms with Gasteiger partial charge in [0.2, 0.25) is 0 Å². The summed E-state index contributed by atoms with van der Waals surface area (Å²) < 4.78 is 0. The predicted octanol–water partition coefficient (Wildman–Crippen LogP) is 2.49. The maximum atomic E-state index is 10.9. The smallest absolute Gasteiger partial charge is 0.278 e. The maximum Gasteiger partial charge on any atom is 0.278 e. The van der Waals surface area contributed by atoms with E-state index in [0.29, 0.717) is 0 Å². The van der Waals surface area contributed by atoms with E-state index >= 15 is 0 Å². The number of hydrogen-bond acceptors (Lipinski definition) is 7. The second kappa shape index (κ2) is 6.61. The number of nitrogens with zero attached hydrogens (tertiary/aromatic N) is 2. The lowest BCUT2D eigenvalue weighted by molar-refractivity contribution is -0.394. The first-order valence-corrected chi connectivity index (χ1v) is 7.13. The molecule has 0 radical (unpaired) electrons. The Labute approximate surface area is 132 Å². The highest BCUT2D eigenvalue weighted by molar-refractivity contribution is 5.58. The molecule has 23 heavy (non-hydrogen) atoms. The van der Waals surface area contributed by atoms with E-state index in [-0.39, 0.29) is 23.7 Å². The summed E-state index contributed by atoms with van der Waals surface area (Å²) in [4.78, 5) is 20.4. The Morgan fingerprint density at radius 3 is 2.30 bits per heavy atom. The van der Waals surface area contributed by atoms with Gasteiger partial charge in [0, 0.05) is 23.2 Å². The third-order valence-electron chi connectivity index (χ3n) is 3.95. The van der Waals surface area contributed by atoms with Gasteiger partial charge in [-0.3, -0.25) is 20.2 Å². The number of nitro groups is 2. The molecule has 1 aliphatic rings. The first kappa shape index (κ1) is 16.7. The van der Waals surface area contributed by atoms with Crippen LogP contribution in [0.15, 0.2) is 30.0 Å². The average Bonchev–Trinajstić information content (AvgIpc) is 2.53. The van der Waals surface area contributed by atoms with E-state index in [1.165, 1.54) is 12.1 Å². The van der Waals surface area contributed by atoms with E-state index in [1.54, 1.807) is 0 Å². The van der Waals surface area contributed by atoms with E-state index in [2.05, 4.69) is 10.9 Å². The van der Waals surface area contributed by atoms with Crippen molar-refractivity contribution in [2.75, 3.05) is 12.0 Å². The maximum absolute atomic E-state index is 10.9. The van der Waals surface area contributed by atoms with Crippen LogP contribution in [-0.4, -0.2) is 21.6 Å². The quantitative estimate of drug-likeness (QED) is 0.541. The van der Waals surface area contributed by atoms with Crippen molar-refractivity contribution >= 4 is 17.1 Å². The highest BCUT2D eigenvalue weighted by atomic mass is 16.6. The van der Waals surface area contributed by atoms with Crippen LogP contribution in [-0.2, 0) is 0 Å². The van der Waals surface area contributed by atoms with Gasteiger partial charge in [-0.25, -0.2) is 0 Å². The van der Waals surface area contributed by atoms with Crippen LogP contribution >= 0.6 is 0 Å². The SMILES string of the molecule is C[C@@]1(CO)CCCC=C1NNc1cc([N+](=O)[O-])cc([N+](=O)[O-])c1. The van der Waals surface area contributed by atoms with Crippen molar-refractivity contribution in [1.82, 2.24) is 5.43 Å². The molecule has 1 aromatic rings. The summed E-state index contributed by atoms with van der Waals surface area (Å²) in [6, 6.07) is 3.32. The van der Waals surface area contributed by atoms with Crippen molar-refractivity contribution in [3.05, 3.63) is 50.2 Å². The number of hydrogen-bond donors (Lipinski definition) is 3. The highest BCUT2D eigenvalue weighted by Gasteiger charge is 2.30. The van der Waals surface area contributed by atoms with Crippen LogP contribution < -0.4 is 10.9 Å². The van der Waals surface area contributed by atoms with Crippen LogP contribution in [0.1, 0.15) is 26.2 Å². The number of non-ortho nitro benzene ring substituents is 2. The van der Waals surface area contributed by atoms with Gasteiger partial charge in [0.25, 0.3) is 11.4 Å². The van der Waals surface area contributed by atoms with E-state index < -0.39 is 15.3 Å². The van der Waals surface area contributed by atoms with Gasteiger partial charge in [-0.15, -0.1) is 0 Å². The molecule has 0 spiro atoms. The molecule has 1 aliphatic carbocycles. The Kier molecular flexibility index (Phi) is 4.80. The second-order valence-corrected chi connectivity index (χ2v) is 5.73. The number of rotatable bonds is 6.